The number of benzene rings is 1. The number of hydrogen-bond donors (Lipinski definition) is 0. The molecule has 0 heterocycles. The quantitative estimate of drug-likeness (QED) is 0.344. The molecule has 0 aliphatic rings. The van der Waals surface area contributed by atoms with Gasteiger partial charge in [-0.05, 0) is 30.4 Å². The van der Waals surface area contributed by atoms with Crippen molar-refractivity contribution in [1.82, 2.24) is 0 Å². The maximum Gasteiger partial charge on any atom is 0.0842 e. The summed E-state index contributed by atoms with van der Waals surface area (Å²) < 4.78 is 0. The lowest BCUT2D eigenvalue weighted by molar-refractivity contribution is -0.00000486. The van der Waals surface area contributed by atoms with Crippen LogP contribution in [0.25, 0.3) is 0 Å². The highest BCUT2D eigenvalue weighted by molar-refractivity contribution is 9.08. The van der Waals surface area contributed by atoms with Gasteiger partial charge in [-0.1, -0.05) is 80.2 Å². The van der Waals surface area contributed by atoms with E-state index in [2.05, 4.69) is 61.0 Å². The fraction of sp³-hybridized carbons (Fsp3) is 0.700. The van der Waals surface area contributed by atoms with Gasteiger partial charge in [-0.3, -0.25) is 0 Å². The van der Waals surface area contributed by atoms with Crippen molar-refractivity contribution in [3.63, 3.8) is 0 Å². The molecule has 0 amide bonds. The Bertz CT molecular complexity index is 369. The zero-order valence-corrected chi connectivity index (χ0v) is 18.5. The fourth-order valence-corrected chi connectivity index (χ4v) is 8.64. The summed E-state index contributed by atoms with van der Waals surface area (Å²) in [6.45, 7) is 7.04. The van der Waals surface area contributed by atoms with E-state index >= 15 is 0 Å². The molecule has 0 atom stereocenters. The number of hydrogen-bond acceptors (Lipinski definition) is 0. The molecule has 0 N–H and O–H groups in total. The van der Waals surface area contributed by atoms with Gasteiger partial charge in [-0.25, -0.2) is 0 Å². The molecule has 1 rings (SSSR count). The molecule has 0 aliphatic carbocycles. The number of alkyl halides is 1. The predicted octanol–water partition coefficient (Wildman–Crippen LogP) is 4.50. The molecule has 0 spiro atoms. The van der Waals surface area contributed by atoms with Crippen LogP contribution < -0.4 is 12.4 Å². The second-order valence-electron chi connectivity index (χ2n) is 6.68. The highest BCUT2D eigenvalue weighted by atomic mass is 79.9. The molecular weight excluding hydrogens is 387 g/mol. The first-order chi connectivity index (χ1) is 10.7. The Morgan fingerprint density at radius 1 is 0.739 bits per heavy atom. The average molecular weight is 422 g/mol. The van der Waals surface area contributed by atoms with Crippen molar-refractivity contribution in [2.75, 3.05) is 18.5 Å². The Kier molecular flexibility index (Phi) is 13.9. The van der Waals surface area contributed by atoms with E-state index in [1.54, 1.807) is 5.56 Å². The summed E-state index contributed by atoms with van der Waals surface area (Å²) in [6, 6.07) is 9.38. The minimum atomic E-state index is -0.803. The van der Waals surface area contributed by atoms with Crippen LogP contribution in [0.5, 0.6) is 0 Å². The molecule has 1 aromatic carbocycles. The van der Waals surface area contributed by atoms with Crippen LogP contribution in [0.3, 0.4) is 0 Å². The lowest BCUT2D eigenvalue weighted by atomic mass is 10.2. The monoisotopic (exact) mass is 420 g/mol. The summed E-state index contributed by atoms with van der Waals surface area (Å²) in [7, 11) is -0.803. The van der Waals surface area contributed by atoms with Crippen molar-refractivity contribution >= 4 is 23.2 Å². The van der Waals surface area contributed by atoms with Gasteiger partial charge < -0.3 is 12.4 Å². The third kappa shape index (κ3) is 8.89. The van der Waals surface area contributed by atoms with Crippen LogP contribution in [0.1, 0.15) is 70.4 Å². The maximum absolute atomic E-state index is 3.55. The largest absolute Gasteiger partial charge is 1.00 e. The molecule has 23 heavy (non-hydrogen) atoms. The highest BCUT2D eigenvalue weighted by Gasteiger charge is 2.35. The van der Waals surface area contributed by atoms with Crippen LogP contribution in [0.2, 0.25) is 0 Å². The van der Waals surface area contributed by atoms with Gasteiger partial charge in [-0.15, -0.1) is 0 Å². The van der Waals surface area contributed by atoms with Crippen molar-refractivity contribution in [3.8, 4) is 0 Å². The second kappa shape index (κ2) is 13.7. The van der Waals surface area contributed by atoms with Crippen LogP contribution in [-0.2, 0) is 11.5 Å². The van der Waals surface area contributed by atoms with Gasteiger partial charge in [0.25, 0.3) is 0 Å². The Morgan fingerprint density at radius 3 is 1.48 bits per heavy atom. The van der Waals surface area contributed by atoms with Crippen molar-refractivity contribution in [2.24, 2.45) is 0 Å². The van der Waals surface area contributed by atoms with Gasteiger partial charge in [0, 0.05) is 12.6 Å². The summed E-state index contributed by atoms with van der Waals surface area (Å²) in [4.78, 5) is 0. The van der Waals surface area contributed by atoms with E-state index in [4.69, 9.17) is 0 Å². The van der Waals surface area contributed by atoms with Gasteiger partial charge in [0.05, 0.1) is 24.6 Å². The zero-order chi connectivity index (χ0) is 16.3. The van der Waals surface area contributed by atoms with Gasteiger partial charge in [-0.2, -0.15) is 0 Å². The normalized spacial score (nSPS) is 11.3. The summed E-state index contributed by atoms with van der Waals surface area (Å²) in [5.74, 6) is 0. The molecule has 0 bridgehead atoms. The molecule has 0 fully saturated rings. The fourth-order valence-electron chi connectivity index (χ4n) is 3.17. The van der Waals surface area contributed by atoms with Crippen molar-refractivity contribution in [3.05, 3.63) is 35.4 Å². The third-order valence-corrected chi connectivity index (χ3v) is 10.1. The van der Waals surface area contributed by atoms with E-state index in [1.807, 2.05) is 0 Å². The van der Waals surface area contributed by atoms with Crippen molar-refractivity contribution in [1.29, 1.82) is 0 Å². The van der Waals surface area contributed by atoms with Gasteiger partial charge in [0.2, 0.25) is 0 Å². The standard InChI is InChI=1S/C20H35BrP.ClH/c1-4-7-14-22(15-8-5-2,16-9-6-3)18-20-12-10-19(17-21)11-13-20;/h10-13H,4-9,14-18H2,1-3H3;1H/q+1;/p-1. The SMILES string of the molecule is CCCC[P+](CCCC)(CCCC)Cc1ccc(CBr)cc1.[Cl-]. The molecule has 0 nitrogen and oxygen atoms in total. The van der Waals surface area contributed by atoms with Crippen LogP contribution in [0.4, 0.5) is 0 Å². The number of halogens is 2. The van der Waals surface area contributed by atoms with Gasteiger partial charge in [0.1, 0.15) is 0 Å². The molecule has 0 saturated carbocycles. The van der Waals surface area contributed by atoms with Crippen molar-refractivity contribution in [2.45, 2.75) is 70.8 Å². The number of unbranched alkanes of at least 4 members (excludes halogenated alkanes) is 3. The molecule has 0 radical (unpaired) electrons. The van der Waals surface area contributed by atoms with Crippen LogP contribution in [0, 0.1) is 0 Å². The Hall–Kier alpha value is 0.420. The molecule has 0 aliphatic heterocycles. The van der Waals surface area contributed by atoms with Gasteiger partial charge in [0.15, 0.2) is 0 Å². The first-order valence-corrected chi connectivity index (χ1v) is 12.8. The van der Waals surface area contributed by atoms with E-state index in [9.17, 15) is 0 Å². The predicted molar refractivity (Wildman–Crippen MR) is 109 cm³/mol. The first kappa shape index (κ1) is 23.4. The van der Waals surface area contributed by atoms with E-state index in [0.29, 0.717) is 0 Å². The molecule has 1 aromatic rings. The first-order valence-electron chi connectivity index (χ1n) is 9.18. The molecule has 0 saturated heterocycles. The number of rotatable bonds is 12. The second-order valence-corrected chi connectivity index (χ2v) is 11.6. The van der Waals surface area contributed by atoms with E-state index in [0.717, 1.165) is 5.33 Å². The molecule has 0 unspecified atom stereocenters. The minimum Gasteiger partial charge on any atom is -1.00 e. The third-order valence-electron chi connectivity index (χ3n) is 4.65. The summed E-state index contributed by atoms with van der Waals surface area (Å²) >= 11 is 3.55. The van der Waals surface area contributed by atoms with Crippen LogP contribution in [-0.4, -0.2) is 18.5 Å². The summed E-state index contributed by atoms with van der Waals surface area (Å²) in [5.41, 5.74) is 2.98. The lowest BCUT2D eigenvalue weighted by Gasteiger charge is -2.28. The zero-order valence-electron chi connectivity index (χ0n) is 15.3. The van der Waals surface area contributed by atoms with Gasteiger partial charge >= 0.3 is 0 Å². The smallest absolute Gasteiger partial charge is 0.0842 e. The van der Waals surface area contributed by atoms with E-state index in [-0.39, 0.29) is 12.4 Å². The molecule has 134 valence electrons. The van der Waals surface area contributed by atoms with Crippen LogP contribution >= 0.6 is 23.2 Å². The topological polar surface area (TPSA) is 0 Å². The van der Waals surface area contributed by atoms with E-state index in [1.165, 1.54) is 68.7 Å². The van der Waals surface area contributed by atoms with E-state index < -0.39 is 7.26 Å². The minimum absolute atomic E-state index is 0. The summed E-state index contributed by atoms with van der Waals surface area (Å²) in [5, 5.41) is 0.967. The lowest BCUT2D eigenvalue weighted by Crippen LogP contribution is -3.00. The Labute approximate surface area is 160 Å². The average Bonchev–Trinajstić information content (AvgIpc) is 2.56. The maximum atomic E-state index is 3.55. The summed E-state index contributed by atoms with van der Waals surface area (Å²) in [6.07, 6.45) is 14.3. The highest BCUT2D eigenvalue weighted by Crippen LogP contribution is 2.63. The van der Waals surface area contributed by atoms with Crippen LogP contribution in [0.15, 0.2) is 24.3 Å². The molecule has 3 heteroatoms. The molecule has 0 aromatic heterocycles. The molecular formula is C20H35BrClP. The Balaban J connectivity index is 0.00000484. The Morgan fingerprint density at radius 2 is 1.13 bits per heavy atom. The van der Waals surface area contributed by atoms with Crippen molar-refractivity contribution < 1.29 is 12.4 Å².